The summed E-state index contributed by atoms with van der Waals surface area (Å²) in [6, 6.07) is 7.10. The first-order valence-corrected chi connectivity index (χ1v) is 9.69. The van der Waals surface area contributed by atoms with Crippen LogP contribution in [0.2, 0.25) is 0 Å². The van der Waals surface area contributed by atoms with Crippen molar-refractivity contribution < 1.29 is 4.42 Å². The quantitative estimate of drug-likeness (QED) is 0.570. The summed E-state index contributed by atoms with van der Waals surface area (Å²) < 4.78 is 5.81. The van der Waals surface area contributed by atoms with E-state index in [2.05, 4.69) is 40.7 Å². The Kier molecular flexibility index (Phi) is 8.56. The molecule has 0 unspecified atom stereocenters. The smallest absolute Gasteiger partial charge is 0.295 e. The molecule has 0 radical (unpaired) electrons. The number of oxazole rings is 1. The van der Waals surface area contributed by atoms with Crippen LogP contribution in [0.15, 0.2) is 22.6 Å². The number of hydrogen-bond acceptors (Lipinski definition) is 4. The van der Waals surface area contributed by atoms with E-state index >= 15 is 0 Å². The molecule has 3 rings (SSSR count). The van der Waals surface area contributed by atoms with E-state index in [1.54, 1.807) is 0 Å². The number of rotatable bonds is 10. The van der Waals surface area contributed by atoms with E-state index in [0.29, 0.717) is 11.9 Å². The van der Waals surface area contributed by atoms with E-state index in [-0.39, 0.29) is 12.4 Å². The Bertz CT molecular complexity index is 622. The minimum atomic E-state index is 0. The number of unbranched alkanes of at least 4 members (excludes halogenated alkanes) is 5. The zero-order valence-electron chi connectivity index (χ0n) is 15.4. The van der Waals surface area contributed by atoms with Gasteiger partial charge in [-0.15, -0.1) is 12.4 Å². The largest absolute Gasteiger partial charge is 0.424 e. The Hall–Kier alpha value is -1.26. The molecule has 2 N–H and O–H groups in total. The topological polar surface area (TPSA) is 50.1 Å². The molecule has 5 heteroatoms. The lowest BCUT2D eigenvalue weighted by Crippen LogP contribution is -2.17. The number of fused-ring (bicyclic) bond motifs is 1. The second kappa shape index (κ2) is 10.7. The van der Waals surface area contributed by atoms with Gasteiger partial charge in [-0.2, -0.15) is 4.98 Å². The van der Waals surface area contributed by atoms with Crippen molar-refractivity contribution in [1.29, 1.82) is 0 Å². The van der Waals surface area contributed by atoms with E-state index in [1.165, 1.54) is 50.5 Å². The van der Waals surface area contributed by atoms with Gasteiger partial charge < -0.3 is 15.1 Å². The molecule has 0 spiro atoms. The molecule has 1 fully saturated rings. The van der Waals surface area contributed by atoms with Crippen molar-refractivity contribution in [2.75, 3.05) is 25.0 Å². The molecule has 25 heavy (non-hydrogen) atoms. The van der Waals surface area contributed by atoms with Crippen LogP contribution in [-0.2, 0) is 6.42 Å². The molecular formula is C20H32ClN3O. The lowest BCUT2D eigenvalue weighted by atomic mass is 10.0. The highest BCUT2D eigenvalue weighted by Crippen LogP contribution is 2.22. The summed E-state index contributed by atoms with van der Waals surface area (Å²) in [6.07, 6.45) is 10.4. The van der Waals surface area contributed by atoms with Gasteiger partial charge >= 0.3 is 0 Å². The van der Waals surface area contributed by atoms with Gasteiger partial charge in [-0.3, -0.25) is 0 Å². The molecule has 4 nitrogen and oxygen atoms in total. The molecule has 1 aliphatic heterocycles. The van der Waals surface area contributed by atoms with Gasteiger partial charge in [-0.05, 0) is 56.0 Å². The number of anilines is 1. The molecule has 1 aromatic heterocycles. The Morgan fingerprint density at radius 1 is 1.20 bits per heavy atom. The summed E-state index contributed by atoms with van der Waals surface area (Å²) in [5, 5.41) is 6.74. The number of aromatic nitrogens is 1. The number of hydrogen-bond donors (Lipinski definition) is 2. The highest BCUT2D eigenvalue weighted by atomic mass is 35.5. The van der Waals surface area contributed by atoms with Gasteiger partial charge in [0.15, 0.2) is 5.58 Å². The van der Waals surface area contributed by atoms with Crippen molar-refractivity contribution >= 4 is 29.5 Å². The Balaban J connectivity index is 0.00000225. The maximum absolute atomic E-state index is 5.81. The van der Waals surface area contributed by atoms with Gasteiger partial charge in [0.25, 0.3) is 6.01 Å². The van der Waals surface area contributed by atoms with Crippen molar-refractivity contribution in [2.45, 2.75) is 58.3 Å². The average Bonchev–Trinajstić information content (AvgIpc) is 3.24. The molecule has 0 saturated carbocycles. The fourth-order valence-corrected chi connectivity index (χ4v) is 3.43. The third kappa shape index (κ3) is 6.19. The summed E-state index contributed by atoms with van der Waals surface area (Å²) in [6.45, 7) is 5.42. The lowest BCUT2D eigenvalue weighted by molar-refractivity contribution is 0.574. The van der Waals surface area contributed by atoms with Crippen molar-refractivity contribution in [3.8, 4) is 0 Å². The number of nitrogens with one attached hydrogen (secondary N) is 2. The van der Waals surface area contributed by atoms with Crippen LogP contribution in [0, 0.1) is 5.92 Å². The molecule has 0 bridgehead atoms. The molecule has 2 heterocycles. The molecule has 1 atom stereocenters. The SMILES string of the molecule is CCCCCCCCc1ccc2oc(NC[C@H]3CCNC3)nc2c1.Cl. The van der Waals surface area contributed by atoms with Crippen LogP contribution in [0.4, 0.5) is 6.01 Å². The van der Waals surface area contributed by atoms with Crippen molar-refractivity contribution in [2.24, 2.45) is 5.92 Å². The summed E-state index contributed by atoms with van der Waals surface area (Å²) in [7, 11) is 0. The second-order valence-corrected chi connectivity index (χ2v) is 7.08. The standard InChI is InChI=1S/C20H31N3O.ClH/c1-2-3-4-5-6-7-8-16-9-10-19-18(13-16)23-20(24-19)22-15-17-11-12-21-14-17;/h9-10,13,17,21H,2-8,11-12,14-15H2,1H3,(H,22,23);1H/t17-;/m0./s1. The predicted octanol–water partition coefficient (Wildman–Crippen LogP) is 5.17. The van der Waals surface area contributed by atoms with Crippen LogP contribution >= 0.6 is 12.4 Å². The maximum atomic E-state index is 5.81. The lowest BCUT2D eigenvalue weighted by Gasteiger charge is -2.07. The van der Waals surface area contributed by atoms with Gasteiger partial charge in [-0.1, -0.05) is 45.1 Å². The van der Waals surface area contributed by atoms with Crippen LogP contribution in [0.1, 0.15) is 57.4 Å². The second-order valence-electron chi connectivity index (χ2n) is 7.08. The number of halogens is 1. The fraction of sp³-hybridized carbons (Fsp3) is 0.650. The normalized spacial score (nSPS) is 16.9. The minimum Gasteiger partial charge on any atom is -0.424 e. The molecule has 0 amide bonds. The maximum Gasteiger partial charge on any atom is 0.295 e. The zero-order chi connectivity index (χ0) is 16.6. The summed E-state index contributed by atoms with van der Waals surface area (Å²) in [5.41, 5.74) is 3.23. The Labute approximate surface area is 157 Å². The van der Waals surface area contributed by atoms with Crippen molar-refractivity contribution in [3.05, 3.63) is 23.8 Å². The van der Waals surface area contributed by atoms with Crippen LogP contribution in [0.25, 0.3) is 11.1 Å². The van der Waals surface area contributed by atoms with E-state index in [1.807, 2.05) is 0 Å². The predicted molar refractivity (Wildman–Crippen MR) is 108 cm³/mol. The van der Waals surface area contributed by atoms with Crippen LogP contribution < -0.4 is 10.6 Å². The average molecular weight is 366 g/mol. The number of benzene rings is 1. The van der Waals surface area contributed by atoms with Crippen molar-refractivity contribution in [1.82, 2.24) is 10.3 Å². The van der Waals surface area contributed by atoms with Crippen LogP contribution in [0.5, 0.6) is 0 Å². The molecular weight excluding hydrogens is 334 g/mol. The van der Waals surface area contributed by atoms with Gasteiger partial charge in [0.1, 0.15) is 5.52 Å². The van der Waals surface area contributed by atoms with E-state index in [4.69, 9.17) is 4.42 Å². The van der Waals surface area contributed by atoms with Crippen LogP contribution in [-0.4, -0.2) is 24.6 Å². The Morgan fingerprint density at radius 3 is 2.84 bits per heavy atom. The number of aryl methyl sites for hydroxylation is 1. The third-order valence-corrected chi connectivity index (χ3v) is 4.98. The molecule has 140 valence electrons. The summed E-state index contributed by atoms with van der Waals surface area (Å²) in [4.78, 5) is 4.60. The highest BCUT2D eigenvalue weighted by molar-refractivity contribution is 5.85. The van der Waals surface area contributed by atoms with Crippen molar-refractivity contribution in [3.63, 3.8) is 0 Å². The first-order valence-electron chi connectivity index (χ1n) is 9.69. The molecule has 2 aromatic rings. The summed E-state index contributed by atoms with van der Waals surface area (Å²) >= 11 is 0. The first-order chi connectivity index (χ1) is 11.8. The molecule has 1 aromatic carbocycles. The first kappa shape index (κ1) is 20.1. The van der Waals surface area contributed by atoms with Gasteiger partial charge in [0.05, 0.1) is 0 Å². The zero-order valence-corrected chi connectivity index (χ0v) is 16.2. The van der Waals surface area contributed by atoms with Gasteiger partial charge in [0.2, 0.25) is 0 Å². The van der Waals surface area contributed by atoms with E-state index < -0.39 is 0 Å². The van der Waals surface area contributed by atoms with E-state index in [0.717, 1.165) is 37.2 Å². The van der Waals surface area contributed by atoms with E-state index in [9.17, 15) is 0 Å². The van der Waals surface area contributed by atoms with Gasteiger partial charge in [0, 0.05) is 6.54 Å². The minimum absolute atomic E-state index is 0. The third-order valence-electron chi connectivity index (χ3n) is 4.98. The Morgan fingerprint density at radius 2 is 2.04 bits per heavy atom. The fourth-order valence-electron chi connectivity index (χ4n) is 3.43. The number of nitrogens with zero attached hydrogens (tertiary/aromatic N) is 1. The molecule has 0 aliphatic carbocycles. The molecule has 1 saturated heterocycles. The monoisotopic (exact) mass is 365 g/mol. The van der Waals surface area contributed by atoms with Gasteiger partial charge in [-0.25, -0.2) is 0 Å². The molecule has 1 aliphatic rings. The highest BCUT2D eigenvalue weighted by Gasteiger charge is 2.15. The summed E-state index contributed by atoms with van der Waals surface area (Å²) in [5.74, 6) is 0.684. The van der Waals surface area contributed by atoms with Crippen LogP contribution in [0.3, 0.4) is 0 Å².